The van der Waals surface area contributed by atoms with E-state index in [4.69, 9.17) is 4.42 Å². The molecule has 0 spiro atoms. The lowest BCUT2D eigenvalue weighted by atomic mass is 10.2. The smallest absolute Gasteiger partial charge is 0.249 e. The van der Waals surface area contributed by atoms with Crippen molar-refractivity contribution in [3.05, 3.63) is 73.1 Å². The standard InChI is InChI=1S/C22H21N7O3/c1-15(29-14-23-13-24-29)21(31)26-18-9-7-17(8-10-18)25-19(30)11-12-20-27-28-22(32-20)16-5-3-2-4-6-16/h2-10,13-15H,11-12H2,1H3,(H,25,30)(H,26,31). The Morgan fingerprint density at radius 1 is 1.00 bits per heavy atom. The summed E-state index contributed by atoms with van der Waals surface area (Å²) < 4.78 is 7.08. The molecule has 0 saturated heterocycles. The second-order valence-corrected chi connectivity index (χ2v) is 7.03. The third-order valence-electron chi connectivity index (χ3n) is 4.70. The van der Waals surface area contributed by atoms with E-state index < -0.39 is 6.04 Å². The van der Waals surface area contributed by atoms with Crippen LogP contribution in [0.25, 0.3) is 11.5 Å². The molecular weight excluding hydrogens is 410 g/mol. The van der Waals surface area contributed by atoms with Crippen molar-refractivity contribution in [2.45, 2.75) is 25.8 Å². The van der Waals surface area contributed by atoms with Crippen LogP contribution in [0.2, 0.25) is 0 Å². The van der Waals surface area contributed by atoms with Crippen molar-refractivity contribution in [3.63, 3.8) is 0 Å². The summed E-state index contributed by atoms with van der Waals surface area (Å²) in [6, 6.07) is 15.8. The fraction of sp³-hybridized carbons (Fsp3) is 0.182. The summed E-state index contributed by atoms with van der Waals surface area (Å²) in [6.07, 6.45) is 3.39. The number of benzene rings is 2. The van der Waals surface area contributed by atoms with Crippen molar-refractivity contribution in [1.29, 1.82) is 0 Å². The van der Waals surface area contributed by atoms with Crippen molar-refractivity contribution in [3.8, 4) is 11.5 Å². The number of nitrogens with one attached hydrogen (secondary N) is 2. The number of aryl methyl sites for hydroxylation is 1. The fourth-order valence-corrected chi connectivity index (χ4v) is 2.92. The van der Waals surface area contributed by atoms with Crippen LogP contribution in [0.15, 0.2) is 71.7 Å². The van der Waals surface area contributed by atoms with E-state index in [1.165, 1.54) is 17.3 Å². The average molecular weight is 431 g/mol. The second kappa shape index (κ2) is 9.65. The van der Waals surface area contributed by atoms with E-state index in [1.54, 1.807) is 31.2 Å². The fourth-order valence-electron chi connectivity index (χ4n) is 2.92. The molecule has 0 aliphatic rings. The number of hydrogen-bond acceptors (Lipinski definition) is 7. The molecule has 2 heterocycles. The van der Waals surface area contributed by atoms with Crippen LogP contribution in [0.4, 0.5) is 11.4 Å². The molecule has 4 aromatic rings. The molecule has 2 aromatic carbocycles. The summed E-state index contributed by atoms with van der Waals surface area (Å²) in [7, 11) is 0. The Bertz CT molecular complexity index is 1170. The summed E-state index contributed by atoms with van der Waals surface area (Å²) in [6.45, 7) is 1.73. The quantitative estimate of drug-likeness (QED) is 0.439. The monoisotopic (exact) mass is 431 g/mol. The van der Waals surface area contributed by atoms with Crippen LogP contribution in [0.3, 0.4) is 0 Å². The van der Waals surface area contributed by atoms with Gasteiger partial charge in [0.2, 0.25) is 23.6 Å². The Morgan fingerprint density at radius 3 is 2.41 bits per heavy atom. The molecule has 10 nitrogen and oxygen atoms in total. The number of hydrogen-bond donors (Lipinski definition) is 2. The molecule has 162 valence electrons. The summed E-state index contributed by atoms with van der Waals surface area (Å²) >= 11 is 0. The third-order valence-corrected chi connectivity index (χ3v) is 4.70. The van der Waals surface area contributed by atoms with Crippen LogP contribution in [-0.4, -0.2) is 36.8 Å². The zero-order valence-electron chi connectivity index (χ0n) is 17.3. The van der Waals surface area contributed by atoms with Gasteiger partial charge >= 0.3 is 0 Å². The van der Waals surface area contributed by atoms with E-state index in [9.17, 15) is 9.59 Å². The largest absolute Gasteiger partial charge is 0.421 e. The summed E-state index contributed by atoms with van der Waals surface area (Å²) in [5, 5.41) is 17.6. The highest BCUT2D eigenvalue weighted by molar-refractivity contribution is 5.94. The molecule has 1 atom stereocenters. The van der Waals surface area contributed by atoms with E-state index >= 15 is 0 Å². The molecule has 10 heteroatoms. The van der Waals surface area contributed by atoms with Gasteiger partial charge in [-0.1, -0.05) is 18.2 Å². The lowest BCUT2D eigenvalue weighted by Gasteiger charge is -2.12. The van der Waals surface area contributed by atoms with Gasteiger partial charge in [-0.25, -0.2) is 9.67 Å². The number of amides is 2. The van der Waals surface area contributed by atoms with Gasteiger partial charge in [0.1, 0.15) is 18.7 Å². The Hall–Kier alpha value is -4.34. The maximum Gasteiger partial charge on any atom is 0.249 e. The summed E-state index contributed by atoms with van der Waals surface area (Å²) in [4.78, 5) is 28.4. The lowest BCUT2D eigenvalue weighted by molar-refractivity contribution is -0.119. The van der Waals surface area contributed by atoms with Gasteiger partial charge in [0.25, 0.3) is 0 Å². The summed E-state index contributed by atoms with van der Waals surface area (Å²) in [5.74, 6) is 0.429. The van der Waals surface area contributed by atoms with Crippen LogP contribution in [0, 0.1) is 0 Å². The van der Waals surface area contributed by atoms with Crippen LogP contribution < -0.4 is 10.6 Å². The van der Waals surface area contributed by atoms with Crippen molar-refractivity contribution in [1.82, 2.24) is 25.0 Å². The zero-order valence-corrected chi connectivity index (χ0v) is 17.3. The van der Waals surface area contributed by atoms with Gasteiger partial charge in [0, 0.05) is 29.8 Å². The molecule has 2 aromatic heterocycles. The normalized spacial score (nSPS) is 11.7. The van der Waals surface area contributed by atoms with Crippen molar-refractivity contribution < 1.29 is 14.0 Å². The van der Waals surface area contributed by atoms with Crippen molar-refractivity contribution in [2.75, 3.05) is 10.6 Å². The molecule has 0 radical (unpaired) electrons. The Labute approximate surface area is 183 Å². The van der Waals surface area contributed by atoms with E-state index in [0.717, 1.165) is 5.56 Å². The first-order valence-corrected chi connectivity index (χ1v) is 10.0. The SMILES string of the molecule is CC(C(=O)Nc1ccc(NC(=O)CCc2nnc(-c3ccccc3)o2)cc1)n1cncn1. The highest BCUT2D eigenvalue weighted by atomic mass is 16.4. The number of carbonyl (C=O) groups excluding carboxylic acids is 2. The minimum atomic E-state index is -0.496. The molecule has 0 saturated carbocycles. The number of carbonyl (C=O) groups is 2. The van der Waals surface area contributed by atoms with Gasteiger partial charge in [-0.3, -0.25) is 9.59 Å². The van der Waals surface area contributed by atoms with E-state index in [0.29, 0.717) is 29.6 Å². The van der Waals surface area contributed by atoms with Gasteiger partial charge < -0.3 is 15.1 Å². The second-order valence-electron chi connectivity index (χ2n) is 7.03. The summed E-state index contributed by atoms with van der Waals surface area (Å²) in [5.41, 5.74) is 2.06. The molecule has 0 fully saturated rings. The van der Waals surface area contributed by atoms with Crippen molar-refractivity contribution in [2.24, 2.45) is 0 Å². The lowest BCUT2D eigenvalue weighted by Crippen LogP contribution is -2.24. The number of rotatable bonds is 8. The third kappa shape index (κ3) is 5.22. The molecule has 4 rings (SSSR count). The minimum absolute atomic E-state index is 0.180. The van der Waals surface area contributed by atoms with Crippen LogP contribution in [-0.2, 0) is 16.0 Å². The predicted octanol–water partition coefficient (Wildman–Crippen LogP) is 3.10. The molecule has 0 aliphatic heterocycles. The molecule has 0 bridgehead atoms. The maximum absolute atomic E-state index is 12.3. The van der Waals surface area contributed by atoms with Gasteiger partial charge in [0.15, 0.2) is 0 Å². The molecule has 32 heavy (non-hydrogen) atoms. The Kier molecular flexibility index (Phi) is 6.30. The molecule has 2 amide bonds. The highest BCUT2D eigenvalue weighted by Crippen LogP contribution is 2.18. The van der Waals surface area contributed by atoms with Gasteiger partial charge in [-0.05, 0) is 43.3 Å². The molecule has 1 unspecified atom stereocenters. The topological polar surface area (TPSA) is 128 Å². The number of nitrogens with zero attached hydrogens (tertiary/aromatic N) is 5. The molecule has 2 N–H and O–H groups in total. The first-order chi connectivity index (χ1) is 15.6. The van der Waals surface area contributed by atoms with E-state index in [-0.39, 0.29) is 18.2 Å². The first-order valence-electron chi connectivity index (χ1n) is 10.0. The Morgan fingerprint density at radius 2 is 1.72 bits per heavy atom. The van der Waals surface area contributed by atoms with Gasteiger partial charge in [0.05, 0.1) is 0 Å². The highest BCUT2D eigenvalue weighted by Gasteiger charge is 2.15. The molecule has 0 aliphatic carbocycles. The van der Waals surface area contributed by atoms with Gasteiger partial charge in [-0.15, -0.1) is 10.2 Å². The van der Waals surface area contributed by atoms with E-state index in [2.05, 4.69) is 30.9 Å². The Balaban J connectivity index is 1.26. The maximum atomic E-state index is 12.3. The van der Waals surface area contributed by atoms with Crippen LogP contribution >= 0.6 is 0 Å². The number of anilines is 2. The first kappa shape index (κ1) is 20.9. The zero-order chi connectivity index (χ0) is 22.3. The number of aromatic nitrogens is 5. The molecular formula is C22H21N7O3. The van der Waals surface area contributed by atoms with Crippen LogP contribution in [0.5, 0.6) is 0 Å². The predicted molar refractivity (Wildman–Crippen MR) is 116 cm³/mol. The van der Waals surface area contributed by atoms with E-state index in [1.807, 2.05) is 30.3 Å². The average Bonchev–Trinajstić information content (AvgIpc) is 3.52. The minimum Gasteiger partial charge on any atom is -0.421 e. The van der Waals surface area contributed by atoms with Crippen molar-refractivity contribution >= 4 is 23.2 Å². The van der Waals surface area contributed by atoms with Crippen LogP contribution in [0.1, 0.15) is 25.3 Å². The van der Waals surface area contributed by atoms with Gasteiger partial charge in [-0.2, -0.15) is 5.10 Å².